The van der Waals surface area contributed by atoms with Crippen LogP contribution in [0.3, 0.4) is 0 Å². The minimum atomic E-state index is -0.144. The predicted molar refractivity (Wildman–Crippen MR) is 153 cm³/mol. The molecule has 0 saturated heterocycles. The van der Waals surface area contributed by atoms with Crippen molar-refractivity contribution in [2.24, 2.45) is 0 Å². The van der Waals surface area contributed by atoms with Crippen molar-refractivity contribution in [2.75, 3.05) is 4.90 Å². The number of phenolic OH excluding ortho intramolecular Hbond substituents is 1. The Bertz CT molecular complexity index is 1250. The largest absolute Gasteiger partial charge is 0.507 e. The molecule has 0 fully saturated rings. The molecule has 0 radical (unpaired) electrons. The van der Waals surface area contributed by atoms with Gasteiger partial charge in [0.05, 0.1) is 0 Å². The van der Waals surface area contributed by atoms with Gasteiger partial charge >= 0.3 is 0 Å². The van der Waals surface area contributed by atoms with Gasteiger partial charge in [0.15, 0.2) is 0 Å². The first-order valence-electron chi connectivity index (χ1n) is 12.4. The molecule has 4 rings (SSSR count). The number of hydrogen-bond donors (Lipinski definition) is 1. The van der Waals surface area contributed by atoms with Crippen LogP contribution in [-0.2, 0) is 11.7 Å². The van der Waals surface area contributed by atoms with Crippen molar-refractivity contribution in [1.29, 1.82) is 0 Å². The summed E-state index contributed by atoms with van der Waals surface area (Å²) in [6.45, 7) is 11.6. The molecule has 4 aromatic carbocycles. The number of aromatic hydroxyl groups is 1. The zero-order valence-corrected chi connectivity index (χ0v) is 22.5. The van der Waals surface area contributed by atoms with E-state index in [4.69, 9.17) is 0 Å². The summed E-state index contributed by atoms with van der Waals surface area (Å²) in [6, 6.07) is 32.3. The summed E-state index contributed by atoms with van der Waals surface area (Å²) in [7, 11) is 0.538. The van der Waals surface area contributed by atoms with E-state index in [1.165, 1.54) is 33.4 Å². The molecule has 0 aliphatic carbocycles. The van der Waals surface area contributed by atoms with Crippen molar-refractivity contribution in [1.82, 2.24) is 0 Å². The van der Waals surface area contributed by atoms with Crippen LogP contribution in [0.15, 0.2) is 91.0 Å². The van der Waals surface area contributed by atoms with Gasteiger partial charge < -0.3 is 10.0 Å². The minimum absolute atomic E-state index is 0.144. The van der Waals surface area contributed by atoms with Gasteiger partial charge in [-0.1, -0.05) is 100 Å². The number of anilines is 2. The van der Waals surface area contributed by atoms with E-state index in [0.29, 0.717) is 14.3 Å². The molecule has 0 bridgehead atoms. The second kappa shape index (κ2) is 10.7. The Balaban J connectivity index is 1.76. The molecule has 0 aliphatic rings. The normalized spacial score (nSPS) is 13.2. The Morgan fingerprint density at radius 1 is 0.771 bits per heavy atom. The molecule has 4 aromatic rings. The maximum absolute atomic E-state index is 11.0. The Kier molecular flexibility index (Phi) is 7.63. The van der Waals surface area contributed by atoms with Gasteiger partial charge in [0.25, 0.3) is 0 Å². The lowest BCUT2D eigenvalue weighted by atomic mass is 9.93. The summed E-state index contributed by atoms with van der Waals surface area (Å²) in [5.41, 5.74) is 8.17. The quantitative estimate of drug-likeness (QED) is 0.256. The van der Waals surface area contributed by atoms with Crippen LogP contribution in [0.4, 0.5) is 11.4 Å². The zero-order chi connectivity index (χ0) is 25.0. The van der Waals surface area contributed by atoms with Crippen molar-refractivity contribution in [3.63, 3.8) is 0 Å². The Morgan fingerprint density at radius 3 is 1.94 bits per heavy atom. The van der Waals surface area contributed by atoms with E-state index in [0.717, 1.165) is 24.1 Å². The molecule has 0 spiro atoms. The topological polar surface area (TPSA) is 23.5 Å². The zero-order valence-electron chi connectivity index (χ0n) is 21.5. The fourth-order valence-corrected chi connectivity index (χ4v) is 6.29. The highest BCUT2D eigenvalue weighted by molar-refractivity contribution is 7.48. The number of benzene rings is 4. The van der Waals surface area contributed by atoms with E-state index in [1.54, 1.807) is 0 Å². The molecular formula is C32H36NOP. The monoisotopic (exact) mass is 481 g/mol. The van der Waals surface area contributed by atoms with Crippen LogP contribution in [0.5, 0.6) is 5.75 Å². The van der Waals surface area contributed by atoms with Gasteiger partial charge in [0, 0.05) is 28.6 Å². The summed E-state index contributed by atoms with van der Waals surface area (Å²) in [5.74, 6) is 0.441. The average molecular weight is 482 g/mol. The van der Waals surface area contributed by atoms with Gasteiger partial charge in [-0.2, -0.15) is 0 Å². The van der Waals surface area contributed by atoms with Gasteiger partial charge in [-0.05, 0) is 67.9 Å². The lowest BCUT2D eigenvalue weighted by molar-refractivity contribution is 0.452. The van der Waals surface area contributed by atoms with Gasteiger partial charge in [-0.15, -0.1) is 0 Å². The summed E-state index contributed by atoms with van der Waals surface area (Å²) in [6.07, 6.45) is 0.955. The molecule has 3 heteroatoms. The molecule has 35 heavy (non-hydrogen) atoms. The van der Waals surface area contributed by atoms with Crippen molar-refractivity contribution in [3.05, 3.63) is 119 Å². The lowest BCUT2D eigenvalue weighted by Crippen LogP contribution is -2.24. The highest BCUT2D eigenvalue weighted by atomic mass is 31.1. The van der Waals surface area contributed by atoms with Crippen molar-refractivity contribution in [2.45, 2.75) is 52.7 Å². The van der Waals surface area contributed by atoms with Gasteiger partial charge in [0.1, 0.15) is 5.75 Å². The van der Waals surface area contributed by atoms with E-state index in [1.807, 2.05) is 6.92 Å². The number of phenols is 1. The molecule has 0 aromatic heterocycles. The smallest absolute Gasteiger partial charge is 0.122 e. The van der Waals surface area contributed by atoms with Crippen LogP contribution < -0.4 is 10.2 Å². The molecule has 0 heterocycles. The standard InChI is InChI=1S/C32H36NOP/c1-6-32(5,29-21-24(3)19-25(4)31(29)34)35-30-18-17-23(2)20-26(30)22-33(27-13-9-7-10-14-27)28-15-11-8-12-16-28/h7-21,34-35H,6,22H2,1-5H3. The first-order valence-corrected chi connectivity index (χ1v) is 13.4. The van der Waals surface area contributed by atoms with E-state index < -0.39 is 0 Å². The third kappa shape index (κ3) is 5.60. The summed E-state index contributed by atoms with van der Waals surface area (Å²) in [5, 5.41) is 12.2. The molecule has 2 atom stereocenters. The second-order valence-corrected chi connectivity index (χ2v) is 11.6. The van der Waals surface area contributed by atoms with Crippen LogP contribution in [0.1, 0.15) is 48.1 Å². The Labute approximate surface area is 212 Å². The minimum Gasteiger partial charge on any atom is -0.507 e. The molecular weight excluding hydrogens is 445 g/mol. The number of para-hydroxylation sites is 2. The fourth-order valence-electron chi connectivity index (χ4n) is 4.72. The number of aryl methyl sites for hydroxylation is 3. The second-order valence-electron chi connectivity index (χ2n) is 9.71. The summed E-state index contributed by atoms with van der Waals surface area (Å²) in [4.78, 5) is 2.39. The maximum Gasteiger partial charge on any atom is 0.122 e. The fraction of sp³-hybridized carbons (Fsp3) is 0.250. The third-order valence-corrected chi connectivity index (χ3v) is 8.81. The number of nitrogens with zero attached hydrogens (tertiary/aromatic N) is 1. The molecule has 180 valence electrons. The van der Waals surface area contributed by atoms with Crippen molar-refractivity contribution in [3.8, 4) is 5.75 Å². The van der Waals surface area contributed by atoms with Crippen LogP contribution in [0.2, 0.25) is 0 Å². The van der Waals surface area contributed by atoms with Gasteiger partial charge in [0.2, 0.25) is 0 Å². The summed E-state index contributed by atoms with van der Waals surface area (Å²) < 4.78 is 0. The first kappa shape index (κ1) is 25.0. The van der Waals surface area contributed by atoms with Crippen LogP contribution in [-0.4, -0.2) is 5.11 Å². The van der Waals surface area contributed by atoms with Crippen LogP contribution >= 0.6 is 8.58 Å². The molecule has 0 saturated carbocycles. The van der Waals surface area contributed by atoms with E-state index in [2.05, 4.69) is 124 Å². The van der Waals surface area contributed by atoms with Gasteiger partial charge in [-0.3, -0.25) is 0 Å². The molecule has 2 unspecified atom stereocenters. The molecule has 0 aliphatic heterocycles. The van der Waals surface area contributed by atoms with Crippen molar-refractivity contribution >= 4 is 25.3 Å². The van der Waals surface area contributed by atoms with Crippen molar-refractivity contribution < 1.29 is 5.11 Å². The molecule has 2 nitrogen and oxygen atoms in total. The summed E-state index contributed by atoms with van der Waals surface area (Å²) >= 11 is 0. The van der Waals surface area contributed by atoms with E-state index in [9.17, 15) is 5.11 Å². The molecule has 1 N–H and O–H groups in total. The number of hydrogen-bond acceptors (Lipinski definition) is 2. The third-order valence-electron chi connectivity index (χ3n) is 6.88. The molecule has 0 amide bonds. The Hall–Kier alpha value is -3.09. The highest BCUT2D eigenvalue weighted by Crippen LogP contribution is 2.48. The van der Waals surface area contributed by atoms with E-state index in [-0.39, 0.29) is 5.16 Å². The maximum atomic E-state index is 11.0. The van der Waals surface area contributed by atoms with Crippen LogP contribution in [0, 0.1) is 20.8 Å². The predicted octanol–water partition coefficient (Wildman–Crippen LogP) is 8.28. The lowest BCUT2D eigenvalue weighted by Gasteiger charge is -2.33. The van der Waals surface area contributed by atoms with E-state index >= 15 is 0 Å². The average Bonchev–Trinajstić information content (AvgIpc) is 2.87. The van der Waals surface area contributed by atoms with Gasteiger partial charge in [-0.25, -0.2) is 0 Å². The first-order chi connectivity index (χ1) is 16.8. The number of rotatable bonds is 8. The van der Waals surface area contributed by atoms with Crippen LogP contribution in [0.25, 0.3) is 0 Å². The SMILES string of the molecule is CCC(C)(Pc1ccc(C)cc1CN(c1ccccc1)c1ccccc1)c1cc(C)cc(C)c1O. The Morgan fingerprint density at radius 2 is 1.37 bits per heavy atom. The highest BCUT2D eigenvalue weighted by Gasteiger charge is 2.30.